The minimum atomic E-state index is -0.199. The third-order valence-corrected chi connectivity index (χ3v) is 4.84. The van der Waals surface area contributed by atoms with E-state index in [1.54, 1.807) is 24.3 Å². The summed E-state index contributed by atoms with van der Waals surface area (Å²) in [5.41, 5.74) is 0.732. The van der Waals surface area contributed by atoms with Crippen molar-refractivity contribution in [2.24, 2.45) is 0 Å². The van der Waals surface area contributed by atoms with Gasteiger partial charge in [0.05, 0.1) is 9.90 Å². The molecule has 0 saturated heterocycles. The standard InChI is InChI=1S/C13H7Cl2N3OS2/c14-7-3-4-8(9(15)6-7)12-17-18-13(21-12)16-11(19)10-2-1-5-20-10/h1-6H,(H,16,18,19). The molecule has 106 valence electrons. The molecule has 3 rings (SSSR count). The van der Waals surface area contributed by atoms with Crippen molar-refractivity contribution in [3.8, 4) is 10.6 Å². The van der Waals surface area contributed by atoms with Gasteiger partial charge in [0.1, 0.15) is 0 Å². The summed E-state index contributed by atoms with van der Waals surface area (Å²) in [7, 11) is 0. The van der Waals surface area contributed by atoms with Crippen molar-refractivity contribution in [2.75, 3.05) is 5.32 Å². The molecule has 4 nitrogen and oxygen atoms in total. The Labute approximate surface area is 138 Å². The number of aromatic nitrogens is 2. The van der Waals surface area contributed by atoms with E-state index in [2.05, 4.69) is 15.5 Å². The van der Waals surface area contributed by atoms with E-state index in [0.29, 0.717) is 25.1 Å². The van der Waals surface area contributed by atoms with Crippen molar-refractivity contribution in [1.82, 2.24) is 10.2 Å². The van der Waals surface area contributed by atoms with Crippen molar-refractivity contribution in [2.45, 2.75) is 0 Å². The van der Waals surface area contributed by atoms with E-state index < -0.39 is 0 Å². The molecule has 0 aliphatic rings. The molecule has 0 atom stereocenters. The Morgan fingerprint density at radius 2 is 2.05 bits per heavy atom. The summed E-state index contributed by atoms with van der Waals surface area (Å²) in [6.45, 7) is 0. The van der Waals surface area contributed by atoms with Gasteiger partial charge in [-0.3, -0.25) is 10.1 Å². The summed E-state index contributed by atoms with van der Waals surface area (Å²) < 4.78 is 0. The molecule has 0 spiro atoms. The van der Waals surface area contributed by atoms with Gasteiger partial charge in [0.15, 0.2) is 5.01 Å². The Kier molecular flexibility index (Phi) is 4.21. The summed E-state index contributed by atoms with van der Waals surface area (Å²) in [4.78, 5) is 12.5. The van der Waals surface area contributed by atoms with Crippen LogP contribution in [0.4, 0.5) is 5.13 Å². The largest absolute Gasteiger partial charge is 0.296 e. The number of halogens is 2. The second-order valence-electron chi connectivity index (χ2n) is 3.97. The van der Waals surface area contributed by atoms with E-state index in [1.165, 1.54) is 22.7 Å². The lowest BCUT2D eigenvalue weighted by Gasteiger charge is -1.99. The molecule has 1 amide bonds. The fourth-order valence-electron chi connectivity index (χ4n) is 1.61. The summed E-state index contributed by atoms with van der Waals surface area (Å²) >= 11 is 14.6. The number of thiophene rings is 1. The van der Waals surface area contributed by atoms with Crippen LogP contribution in [-0.2, 0) is 0 Å². The van der Waals surface area contributed by atoms with Crippen molar-refractivity contribution in [1.29, 1.82) is 0 Å². The van der Waals surface area contributed by atoms with Crippen LogP contribution in [-0.4, -0.2) is 16.1 Å². The maximum Gasteiger partial charge on any atom is 0.267 e. The highest BCUT2D eigenvalue weighted by molar-refractivity contribution is 7.18. The molecule has 1 aromatic carbocycles. The first-order chi connectivity index (χ1) is 10.1. The quantitative estimate of drug-likeness (QED) is 0.732. The fraction of sp³-hybridized carbons (Fsp3) is 0. The van der Waals surface area contributed by atoms with Crippen molar-refractivity contribution in [3.05, 3.63) is 50.6 Å². The Hall–Kier alpha value is -1.47. The molecule has 1 N–H and O–H groups in total. The average molecular weight is 356 g/mol. The maximum atomic E-state index is 11.9. The van der Waals surface area contributed by atoms with E-state index in [4.69, 9.17) is 23.2 Å². The number of carbonyl (C=O) groups excluding carboxylic acids is 1. The molecule has 0 aliphatic heterocycles. The Balaban J connectivity index is 1.82. The minimum absolute atomic E-state index is 0.199. The molecule has 3 aromatic rings. The molecule has 0 saturated carbocycles. The van der Waals surface area contributed by atoms with Gasteiger partial charge >= 0.3 is 0 Å². The van der Waals surface area contributed by atoms with E-state index in [9.17, 15) is 4.79 Å². The van der Waals surface area contributed by atoms with Crippen LogP contribution in [0.5, 0.6) is 0 Å². The number of hydrogen-bond donors (Lipinski definition) is 1. The Bertz CT molecular complexity index is 787. The topological polar surface area (TPSA) is 54.9 Å². The molecule has 0 fully saturated rings. The second-order valence-corrected chi connectivity index (χ2v) is 6.74. The van der Waals surface area contributed by atoms with E-state index >= 15 is 0 Å². The molecule has 21 heavy (non-hydrogen) atoms. The van der Waals surface area contributed by atoms with Gasteiger partial charge in [0.25, 0.3) is 5.91 Å². The van der Waals surface area contributed by atoms with Crippen LogP contribution in [0, 0.1) is 0 Å². The Morgan fingerprint density at radius 1 is 1.19 bits per heavy atom. The number of hydrogen-bond acceptors (Lipinski definition) is 5. The first-order valence-corrected chi connectivity index (χ1v) is 8.22. The highest BCUT2D eigenvalue weighted by atomic mass is 35.5. The second kappa shape index (κ2) is 6.11. The number of nitrogens with zero attached hydrogens (tertiary/aromatic N) is 2. The van der Waals surface area contributed by atoms with Crippen LogP contribution in [0.3, 0.4) is 0 Å². The highest BCUT2D eigenvalue weighted by Gasteiger charge is 2.13. The predicted molar refractivity (Wildman–Crippen MR) is 87.6 cm³/mol. The number of amides is 1. The third kappa shape index (κ3) is 3.24. The van der Waals surface area contributed by atoms with Crippen molar-refractivity contribution in [3.63, 3.8) is 0 Å². The zero-order valence-corrected chi connectivity index (χ0v) is 13.5. The molecular weight excluding hydrogens is 349 g/mol. The summed E-state index contributed by atoms with van der Waals surface area (Å²) in [6, 6.07) is 8.71. The first kappa shape index (κ1) is 14.5. The van der Waals surface area contributed by atoms with Gasteiger partial charge in [0, 0.05) is 10.6 Å². The Morgan fingerprint density at radius 3 is 2.76 bits per heavy atom. The van der Waals surface area contributed by atoms with E-state index in [0.717, 1.165) is 5.56 Å². The fourth-order valence-corrected chi connectivity index (χ4v) is 3.56. The molecular formula is C13H7Cl2N3OS2. The van der Waals surface area contributed by atoms with Crippen LogP contribution in [0.25, 0.3) is 10.6 Å². The van der Waals surface area contributed by atoms with Gasteiger partial charge in [-0.1, -0.05) is 40.6 Å². The molecule has 0 unspecified atom stereocenters. The van der Waals surface area contributed by atoms with Gasteiger partial charge < -0.3 is 0 Å². The van der Waals surface area contributed by atoms with Crippen LogP contribution >= 0.6 is 45.9 Å². The predicted octanol–water partition coefficient (Wildman–Crippen LogP) is 4.83. The monoisotopic (exact) mass is 355 g/mol. The van der Waals surface area contributed by atoms with Gasteiger partial charge in [-0.15, -0.1) is 21.5 Å². The van der Waals surface area contributed by atoms with Gasteiger partial charge in [-0.05, 0) is 29.6 Å². The van der Waals surface area contributed by atoms with Gasteiger partial charge in [0.2, 0.25) is 5.13 Å². The lowest BCUT2D eigenvalue weighted by Crippen LogP contribution is -2.09. The molecule has 2 aromatic heterocycles. The number of nitrogens with one attached hydrogen (secondary N) is 1. The number of anilines is 1. The number of carbonyl (C=O) groups is 1. The molecule has 8 heteroatoms. The average Bonchev–Trinajstić information content (AvgIpc) is 3.09. The molecule has 0 aliphatic carbocycles. The van der Waals surface area contributed by atoms with E-state index in [-0.39, 0.29) is 5.91 Å². The van der Waals surface area contributed by atoms with Crippen molar-refractivity contribution < 1.29 is 4.79 Å². The lowest BCUT2D eigenvalue weighted by molar-refractivity contribution is 0.103. The SMILES string of the molecule is O=C(Nc1nnc(-c2ccc(Cl)cc2Cl)s1)c1cccs1. The van der Waals surface area contributed by atoms with E-state index in [1.807, 2.05) is 11.4 Å². The maximum absolute atomic E-state index is 11.9. The zero-order chi connectivity index (χ0) is 14.8. The first-order valence-electron chi connectivity index (χ1n) is 5.77. The van der Waals surface area contributed by atoms with Crippen LogP contribution < -0.4 is 5.32 Å². The normalized spacial score (nSPS) is 10.6. The van der Waals surface area contributed by atoms with Gasteiger partial charge in [-0.2, -0.15) is 0 Å². The van der Waals surface area contributed by atoms with Crippen LogP contribution in [0.15, 0.2) is 35.7 Å². The number of benzene rings is 1. The third-order valence-electron chi connectivity index (χ3n) is 2.55. The van der Waals surface area contributed by atoms with Crippen LogP contribution in [0.1, 0.15) is 9.67 Å². The zero-order valence-electron chi connectivity index (χ0n) is 10.3. The molecule has 0 bridgehead atoms. The minimum Gasteiger partial charge on any atom is -0.296 e. The highest BCUT2D eigenvalue weighted by Crippen LogP contribution is 2.33. The summed E-state index contributed by atoms with van der Waals surface area (Å²) in [6.07, 6.45) is 0. The smallest absolute Gasteiger partial charge is 0.267 e. The molecule has 2 heterocycles. The van der Waals surface area contributed by atoms with Crippen molar-refractivity contribution >= 4 is 56.9 Å². The lowest BCUT2D eigenvalue weighted by atomic mass is 10.2. The summed E-state index contributed by atoms with van der Waals surface area (Å²) in [5.74, 6) is -0.199. The number of rotatable bonds is 3. The van der Waals surface area contributed by atoms with Crippen LogP contribution in [0.2, 0.25) is 10.0 Å². The summed E-state index contributed by atoms with van der Waals surface area (Å²) in [5, 5.41) is 14.6. The van der Waals surface area contributed by atoms with Gasteiger partial charge in [-0.25, -0.2) is 0 Å². The molecule has 0 radical (unpaired) electrons.